The number of rotatable bonds is 9. The van der Waals surface area contributed by atoms with Crippen molar-refractivity contribution >= 4 is 11.6 Å². The highest BCUT2D eigenvalue weighted by atomic mass is 16.5. The summed E-state index contributed by atoms with van der Waals surface area (Å²) in [7, 11) is 0. The monoisotopic (exact) mass is 377 g/mol. The third-order valence-electron chi connectivity index (χ3n) is 4.37. The molecule has 0 unspecified atom stereocenters. The summed E-state index contributed by atoms with van der Waals surface area (Å²) in [5.74, 6) is 1.24. The Labute approximate surface area is 161 Å². The van der Waals surface area contributed by atoms with E-state index in [0.717, 1.165) is 38.2 Å². The second kappa shape index (κ2) is 10.8. The molecule has 0 atom stereocenters. The lowest BCUT2D eigenvalue weighted by molar-refractivity contribution is 0.0953. The molecule has 1 aromatic rings. The zero-order valence-corrected chi connectivity index (χ0v) is 16.8. The van der Waals surface area contributed by atoms with E-state index >= 15 is 0 Å². The Balaban J connectivity index is 2.17. The van der Waals surface area contributed by atoms with Crippen molar-refractivity contribution in [3.8, 4) is 17.2 Å². The molecule has 1 heterocycles. The summed E-state index contributed by atoms with van der Waals surface area (Å²) in [6, 6.07) is 3.35. The molecule has 1 amide bonds. The molecule has 150 valence electrons. The van der Waals surface area contributed by atoms with E-state index in [2.05, 4.69) is 22.4 Å². The highest BCUT2D eigenvalue weighted by Crippen LogP contribution is 2.39. The van der Waals surface area contributed by atoms with E-state index in [1.165, 1.54) is 0 Å². The Morgan fingerprint density at radius 2 is 1.56 bits per heavy atom. The van der Waals surface area contributed by atoms with Crippen molar-refractivity contribution in [3.05, 3.63) is 17.7 Å². The van der Waals surface area contributed by atoms with E-state index in [1.54, 1.807) is 12.1 Å². The lowest BCUT2D eigenvalue weighted by atomic mass is 10.1. The van der Waals surface area contributed by atoms with Crippen molar-refractivity contribution in [2.24, 2.45) is 5.10 Å². The van der Waals surface area contributed by atoms with Gasteiger partial charge in [-0.2, -0.15) is 5.10 Å². The summed E-state index contributed by atoms with van der Waals surface area (Å²) in [4.78, 5) is 15.0. The Bertz CT molecular complexity index is 624. The number of nitrogens with one attached hydrogen (secondary N) is 1. The SMILES string of the molecule is CCOc1cc(C(=O)NN=C2CCN(CC)CC2)cc(OCC)c1OCC. The predicted molar refractivity (Wildman–Crippen MR) is 106 cm³/mol. The van der Waals surface area contributed by atoms with E-state index in [-0.39, 0.29) is 5.91 Å². The summed E-state index contributed by atoms with van der Waals surface area (Å²) in [6.07, 6.45) is 1.76. The van der Waals surface area contributed by atoms with Gasteiger partial charge in [0.1, 0.15) is 0 Å². The van der Waals surface area contributed by atoms with Crippen molar-refractivity contribution in [1.82, 2.24) is 10.3 Å². The van der Waals surface area contributed by atoms with Crippen LogP contribution in [0.3, 0.4) is 0 Å². The van der Waals surface area contributed by atoms with Crippen LogP contribution in [0.25, 0.3) is 0 Å². The number of ether oxygens (including phenoxy) is 3. The third-order valence-corrected chi connectivity index (χ3v) is 4.37. The van der Waals surface area contributed by atoms with Gasteiger partial charge in [-0.1, -0.05) is 6.92 Å². The largest absolute Gasteiger partial charge is 0.490 e. The van der Waals surface area contributed by atoms with Gasteiger partial charge in [0.2, 0.25) is 5.75 Å². The van der Waals surface area contributed by atoms with E-state index in [1.807, 2.05) is 20.8 Å². The molecule has 1 saturated heterocycles. The summed E-state index contributed by atoms with van der Waals surface area (Å²) in [5.41, 5.74) is 4.12. The topological polar surface area (TPSA) is 72.4 Å². The van der Waals surface area contributed by atoms with Gasteiger partial charge in [-0.3, -0.25) is 4.79 Å². The van der Waals surface area contributed by atoms with Gasteiger partial charge in [0, 0.05) is 37.2 Å². The molecule has 0 radical (unpaired) electrons. The molecule has 0 bridgehead atoms. The van der Waals surface area contributed by atoms with E-state index in [4.69, 9.17) is 14.2 Å². The van der Waals surface area contributed by atoms with Crippen LogP contribution in [0.2, 0.25) is 0 Å². The molecular formula is C20H31N3O4. The number of amides is 1. The van der Waals surface area contributed by atoms with E-state index < -0.39 is 0 Å². The van der Waals surface area contributed by atoms with E-state index in [9.17, 15) is 4.79 Å². The van der Waals surface area contributed by atoms with Crippen molar-refractivity contribution in [2.45, 2.75) is 40.5 Å². The van der Waals surface area contributed by atoms with Crippen LogP contribution in [0.15, 0.2) is 17.2 Å². The average Bonchev–Trinajstić information content (AvgIpc) is 2.69. The lowest BCUT2D eigenvalue weighted by Gasteiger charge is -2.25. The van der Waals surface area contributed by atoms with Crippen LogP contribution >= 0.6 is 0 Å². The Hall–Kier alpha value is -2.28. The van der Waals surface area contributed by atoms with Crippen LogP contribution < -0.4 is 19.6 Å². The summed E-state index contributed by atoms with van der Waals surface area (Å²) in [5, 5.41) is 4.32. The first-order valence-corrected chi connectivity index (χ1v) is 9.77. The maximum atomic E-state index is 12.6. The molecule has 1 aromatic carbocycles. The van der Waals surface area contributed by atoms with Crippen molar-refractivity contribution in [3.63, 3.8) is 0 Å². The first kappa shape index (κ1) is 21.0. The molecule has 1 aliphatic rings. The molecule has 0 saturated carbocycles. The first-order chi connectivity index (χ1) is 13.1. The smallest absolute Gasteiger partial charge is 0.271 e. The highest BCUT2D eigenvalue weighted by molar-refractivity contribution is 5.96. The lowest BCUT2D eigenvalue weighted by Crippen LogP contribution is -2.34. The predicted octanol–water partition coefficient (Wildman–Crippen LogP) is 3.08. The van der Waals surface area contributed by atoms with Crippen LogP contribution in [0.5, 0.6) is 17.2 Å². The molecule has 1 fully saturated rings. The zero-order valence-electron chi connectivity index (χ0n) is 16.8. The normalized spacial score (nSPS) is 14.6. The number of piperidine rings is 1. The highest BCUT2D eigenvalue weighted by Gasteiger charge is 2.19. The summed E-state index contributed by atoms with van der Waals surface area (Å²) in [6.45, 7) is 12.2. The second-order valence-electron chi connectivity index (χ2n) is 6.15. The fraction of sp³-hybridized carbons (Fsp3) is 0.600. The van der Waals surface area contributed by atoms with E-state index in [0.29, 0.717) is 42.6 Å². The minimum atomic E-state index is -0.287. The molecule has 7 heteroatoms. The van der Waals surface area contributed by atoms with Crippen LogP contribution in [0.1, 0.15) is 50.9 Å². The van der Waals surface area contributed by atoms with Crippen LogP contribution in [0, 0.1) is 0 Å². The number of benzene rings is 1. The molecular weight excluding hydrogens is 346 g/mol. The molecule has 27 heavy (non-hydrogen) atoms. The maximum Gasteiger partial charge on any atom is 0.271 e. The fourth-order valence-corrected chi connectivity index (χ4v) is 2.95. The van der Waals surface area contributed by atoms with Gasteiger partial charge >= 0.3 is 0 Å². The van der Waals surface area contributed by atoms with Crippen molar-refractivity contribution in [1.29, 1.82) is 0 Å². The second-order valence-corrected chi connectivity index (χ2v) is 6.15. The average molecular weight is 377 g/mol. The van der Waals surface area contributed by atoms with Gasteiger partial charge in [-0.25, -0.2) is 5.43 Å². The number of hydrogen-bond acceptors (Lipinski definition) is 6. The van der Waals surface area contributed by atoms with Crippen LogP contribution in [-0.2, 0) is 0 Å². The molecule has 7 nitrogen and oxygen atoms in total. The number of hydrazone groups is 1. The maximum absolute atomic E-state index is 12.6. The Kier molecular flexibility index (Phi) is 8.39. The zero-order chi connectivity index (χ0) is 19.6. The quantitative estimate of drug-likeness (QED) is 0.670. The standard InChI is InChI=1S/C20H31N3O4/c1-5-23-11-9-16(10-12-23)21-22-20(24)15-13-17(25-6-2)19(27-8-4)18(14-15)26-7-3/h13-14H,5-12H2,1-4H3,(H,22,24). The molecule has 1 aliphatic heterocycles. The van der Waals surface area contributed by atoms with Gasteiger partial charge < -0.3 is 19.1 Å². The van der Waals surface area contributed by atoms with Crippen molar-refractivity contribution < 1.29 is 19.0 Å². The first-order valence-electron chi connectivity index (χ1n) is 9.77. The Morgan fingerprint density at radius 3 is 2.04 bits per heavy atom. The molecule has 1 N–H and O–H groups in total. The van der Waals surface area contributed by atoms with Gasteiger partial charge in [0.25, 0.3) is 5.91 Å². The van der Waals surface area contributed by atoms with Crippen molar-refractivity contribution in [2.75, 3.05) is 39.5 Å². The molecule has 0 aromatic heterocycles. The molecule has 2 rings (SSSR count). The minimum absolute atomic E-state index is 0.287. The Morgan fingerprint density at radius 1 is 1.00 bits per heavy atom. The third kappa shape index (κ3) is 5.85. The minimum Gasteiger partial charge on any atom is -0.490 e. The fourth-order valence-electron chi connectivity index (χ4n) is 2.95. The van der Waals surface area contributed by atoms with Gasteiger partial charge in [-0.05, 0) is 39.4 Å². The van der Waals surface area contributed by atoms with Crippen LogP contribution in [-0.4, -0.2) is 56.0 Å². The summed E-state index contributed by atoms with van der Waals surface area (Å²) >= 11 is 0. The summed E-state index contributed by atoms with van der Waals surface area (Å²) < 4.78 is 17.0. The number of carbonyl (C=O) groups excluding carboxylic acids is 1. The van der Waals surface area contributed by atoms with Crippen LogP contribution in [0.4, 0.5) is 0 Å². The number of carbonyl (C=O) groups is 1. The van der Waals surface area contributed by atoms with Gasteiger partial charge in [0.15, 0.2) is 11.5 Å². The molecule has 0 aliphatic carbocycles. The number of hydrogen-bond donors (Lipinski definition) is 1. The number of nitrogens with zero attached hydrogens (tertiary/aromatic N) is 2. The van der Waals surface area contributed by atoms with Gasteiger partial charge in [0.05, 0.1) is 19.8 Å². The van der Waals surface area contributed by atoms with Gasteiger partial charge in [-0.15, -0.1) is 0 Å². The molecule has 0 spiro atoms. The number of likely N-dealkylation sites (tertiary alicyclic amines) is 1.